The molecular formula is C66H46N2SSi. The number of nitrogens with zero attached hydrogens (tertiary/aromatic N) is 2. The zero-order chi connectivity index (χ0) is 46.4. The zero-order valence-corrected chi connectivity index (χ0v) is 40.2. The first-order chi connectivity index (χ1) is 34.7. The van der Waals surface area contributed by atoms with Gasteiger partial charge in [-0.15, -0.1) is 11.3 Å². The predicted molar refractivity (Wildman–Crippen MR) is 303 cm³/mol. The van der Waals surface area contributed by atoms with Crippen molar-refractivity contribution < 1.29 is 0 Å². The fourth-order valence-corrected chi connectivity index (χ4v) is 16.9. The molecule has 0 amide bonds. The molecule has 11 aromatic carbocycles. The molecule has 0 fully saturated rings. The summed E-state index contributed by atoms with van der Waals surface area (Å²) in [4.78, 5) is 2.45. The summed E-state index contributed by atoms with van der Waals surface area (Å²) < 4.78 is 5.04. The molecule has 0 saturated carbocycles. The second-order valence-corrected chi connectivity index (χ2v) is 22.9. The molecule has 0 unspecified atom stereocenters. The quantitative estimate of drug-likeness (QED) is 0.0980. The highest BCUT2D eigenvalue weighted by Gasteiger charge is 2.41. The summed E-state index contributed by atoms with van der Waals surface area (Å²) in [6, 6.07) is 103. The van der Waals surface area contributed by atoms with Crippen molar-refractivity contribution in [3.8, 4) is 27.9 Å². The topological polar surface area (TPSA) is 8.17 Å². The Kier molecular flexibility index (Phi) is 10.4. The molecule has 4 heteroatoms. The van der Waals surface area contributed by atoms with Gasteiger partial charge in [0.05, 0.1) is 16.7 Å². The van der Waals surface area contributed by atoms with Crippen LogP contribution in [0.15, 0.2) is 279 Å². The van der Waals surface area contributed by atoms with Gasteiger partial charge in [0.15, 0.2) is 8.07 Å². The molecule has 0 aliphatic carbocycles. The third-order valence-corrected chi connectivity index (χ3v) is 20.1. The van der Waals surface area contributed by atoms with Gasteiger partial charge in [-0.05, 0) is 116 Å². The SMILES string of the molecule is c1ccc(-n2c3ccccc3c3c(N(c4ccc(-c5cccc([Si](c6ccccc6)(c6ccccc6)c6ccccc6)c5)cc4)c4ccc(-c5ccc6sc7ccccc7c6c5)cc4)cccc32)cc1. The molecule has 13 rings (SSSR count). The maximum atomic E-state index is 2.46. The van der Waals surface area contributed by atoms with E-state index in [1.165, 1.54) is 85.0 Å². The van der Waals surface area contributed by atoms with Gasteiger partial charge in [0.25, 0.3) is 0 Å². The van der Waals surface area contributed by atoms with Gasteiger partial charge in [-0.2, -0.15) is 0 Å². The van der Waals surface area contributed by atoms with E-state index in [9.17, 15) is 0 Å². The van der Waals surface area contributed by atoms with Crippen molar-refractivity contribution in [3.05, 3.63) is 279 Å². The van der Waals surface area contributed by atoms with Crippen LogP contribution in [-0.2, 0) is 0 Å². The van der Waals surface area contributed by atoms with Gasteiger partial charge in [0, 0.05) is 48.0 Å². The Morgan fingerprint density at radius 1 is 0.314 bits per heavy atom. The first kappa shape index (κ1) is 41.6. The lowest BCUT2D eigenvalue weighted by atomic mass is 10.0. The maximum absolute atomic E-state index is 2.71. The van der Waals surface area contributed by atoms with Crippen LogP contribution in [0.4, 0.5) is 17.1 Å². The van der Waals surface area contributed by atoms with Gasteiger partial charge in [-0.3, -0.25) is 0 Å². The highest BCUT2D eigenvalue weighted by molar-refractivity contribution is 7.25. The molecule has 0 aliphatic heterocycles. The summed E-state index contributed by atoms with van der Waals surface area (Å²) in [6.45, 7) is 0. The van der Waals surface area contributed by atoms with Crippen LogP contribution in [0.1, 0.15) is 0 Å². The number of fused-ring (bicyclic) bond motifs is 6. The average Bonchev–Trinajstić information content (AvgIpc) is 3.99. The van der Waals surface area contributed by atoms with Crippen molar-refractivity contribution in [2.24, 2.45) is 0 Å². The van der Waals surface area contributed by atoms with Gasteiger partial charge in [-0.1, -0.05) is 206 Å². The van der Waals surface area contributed by atoms with E-state index in [-0.39, 0.29) is 0 Å². The van der Waals surface area contributed by atoms with Gasteiger partial charge in [0.2, 0.25) is 0 Å². The smallest absolute Gasteiger partial charge is 0.179 e. The van der Waals surface area contributed by atoms with Crippen LogP contribution in [0.3, 0.4) is 0 Å². The van der Waals surface area contributed by atoms with Crippen molar-refractivity contribution in [2.75, 3.05) is 4.90 Å². The van der Waals surface area contributed by atoms with E-state index in [1.807, 2.05) is 11.3 Å². The minimum atomic E-state index is -2.71. The normalized spacial score (nSPS) is 11.7. The lowest BCUT2D eigenvalue weighted by molar-refractivity contribution is 1.18. The van der Waals surface area contributed by atoms with E-state index >= 15 is 0 Å². The highest BCUT2D eigenvalue weighted by Crippen LogP contribution is 2.45. The largest absolute Gasteiger partial charge is 0.310 e. The molecule has 0 atom stereocenters. The molecule has 0 saturated heterocycles. The Labute approximate surface area is 413 Å². The number of anilines is 3. The van der Waals surface area contributed by atoms with E-state index in [4.69, 9.17) is 0 Å². The molecule has 0 spiro atoms. The average molecular weight is 927 g/mol. The summed E-state index contributed by atoms with van der Waals surface area (Å²) in [7, 11) is -2.71. The van der Waals surface area contributed by atoms with Crippen molar-refractivity contribution in [2.45, 2.75) is 0 Å². The molecular weight excluding hydrogens is 881 g/mol. The van der Waals surface area contributed by atoms with Gasteiger partial charge < -0.3 is 9.47 Å². The molecule has 0 N–H and O–H groups in total. The number of hydrogen-bond donors (Lipinski definition) is 0. The number of thiophene rings is 1. The van der Waals surface area contributed by atoms with Crippen LogP contribution in [0.2, 0.25) is 0 Å². The van der Waals surface area contributed by atoms with Gasteiger partial charge in [0.1, 0.15) is 0 Å². The minimum absolute atomic E-state index is 1.09. The zero-order valence-electron chi connectivity index (χ0n) is 38.4. The summed E-state index contributed by atoms with van der Waals surface area (Å²) in [6.07, 6.45) is 0. The lowest BCUT2D eigenvalue weighted by Gasteiger charge is -2.34. The van der Waals surface area contributed by atoms with E-state index in [0.29, 0.717) is 0 Å². The molecule has 330 valence electrons. The third kappa shape index (κ3) is 6.99. The second-order valence-electron chi connectivity index (χ2n) is 18.0. The van der Waals surface area contributed by atoms with E-state index < -0.39 is 8.07 Å². The highest BCUT2D eigenvalue weighted by atomic mass is 32.1. The van der Waals surface area contributed by atoms with E-state index in [2.05, 4.69) is 289 Å². The number of para-hydroxylation sites is 2. The second kappa shape index (κ2) is 17.5. The summed E-state index contributed by atoms with van der Waals surface area (Å²) >= 11 is 1.86. The van der Waals surface area contributed by atoms with E-state index in [0.717, 1.165) is 22.7 Å². The molecule has 0 bridgehead atoms. The standard InChI is InChI=1S/C66H46N2SSi/c1-5-20-51(21-6-1)68-61-31-15-13-30-59(61)66-62(32-18-33-63(66)68)67(53-42-37-48(38-43-53)50-39-44-65-60(46-50)58-29-14-16-34-64(58)69-65)52-40-35-47(36-41-52)49-19-17-28-57(45-49)70(54-22-7-2-8-23-54,55-24-9-3-10-25-55)56-26-11-4-12-27-56/h1-46H. The molecule has 2 nitrogen and oxygen atoms in total. The van der Waals surface area contributed by atoms with Gasteiger partial charge in [-0.25, -0.2) is 0 Å². The summed E-state index contributed by atoms with van der Waals surface area (Å²) in [5.74, 6) is 0. The van der Waals surface area contributed by atoms with Crippen LogP contribution in [0, 0.1) is 0 Å². The van der Waals surface area contributed by atoms with Crippen molar-refractivity contribution in [1.29, 1.82) is 0 Å². The van der Waals surface area contributed by atoms with Crippen LogP contribution in [0.5, 0.6) is 0 Å². The number of aromatic nitrogens is 1. The maximum Gasteiger partial charge on any atom is 0.179 e. The fraction of sp³-hybridized carbons (Fsp3) is 0. The van der Waals surface area contributed by atoms with E-state index in [1.54, 1.807) is 0 Å². The lowest BCUT2D eigenvalue weighted by Crippen LogP contribution is -2.74. The number of benzene rings is 11. The molecule has 2 aromatic heterocycles. The molecule has 2 heterocycles. The van der Waals surface area contributed by atoms with Gasteiger partial charge >= 0.3 is 0 Å². The molecule has 0 aliphatic rings. The third-order valence-electron chi connectivity index (χ3n) is 14.1. The first-order valence-electron chi connectivity index (χ1n) is 24.0. The Morgan fingerprint density at radius 3 is 1.41 bits per heavy atom. The molecule has 0 radical (unpaired) electrons. The van der Waals surface area contributed by atoms with Crippen molar-refractivity contribution in [1.82, 2.24) is 4.57 Å². The predicted octanol–water partition coefficient (Wildman–Crippen LogP) is 15.3. The van der Waals surface area contributed by atoms with Crippen molar-refractivity contribution in [3.63, 3.8) is 0 Å². The molecule has 70 heavy (non-hydrogen) atoms. The monoisotopic (exact) mass is 926 g/mol. The first-order valence-corrected chi connectivity index (χ1v) is 26.8. The summed E-state index contributed by atoms with van der Waals surface area (Å²) in [5.41, 5.74) is 11.6. The van der Waals surface area contributed by atoms with Crippen LogP contribution in [-0.4, -0.2) is 12.6 Å². The summed E-state index contributed by atoms with van der Waals surface area (Å²) in [5, 5.41) is 10.5. The number of hydrogen-bond acceptors (Lipinski definition) is 2. The minimum Gasteiger partial charge on any atom is -0.310 e. The number of rotatable bonds is 10. The van der Waals surface area contributed by atoms with Crippen LogP contribution in [0.25, 0.3) is 69.9 Å². The Hall–Kier alpha value is -8.54. The Balaban J connectivity index is 0.959. The van der Waals surface area contributed by atoms with Crippen molar-refractivity contribution >= 4 is 99.2 Å². The molecule has 13 aromatic rings. The Morgan fingerprint density at radius 2 is 0.786 bits per heavy atom. The fourth-order valence-electron chi connectivity index (χ4n) is 11.0. The Bertz CT molecular complexity index is 3880. The van der Waals surface area contributed by atoms with Crippen LogP contribution < -0.4 is 25.6 Å². The van der Waals surface area contributed by atoms with Crippen LogP contribution >= 0.6 is 11.3 Å².